The number of benzene rings is 6. The van der Waals surface area contributed by atoms with E-state index in [9.17, 15) is 36.4 Å². The predicted molar refractivity (Wildman–Crippen MR) is 248 cm³/mol. The summed E-state index contributed by atoms with van der Waals surface area (Å²) in [6.07, 6.45) is 3.33. The van der Waals surface area contributed by atoms with Gasteiger partial charge in [0.25, 0.3) is 0 Å². The monoisotopic (exact) mass is 926 g/mol. The van der Waals surface area contributed by atoms with Crippen molar-refractivity contribution in [3.8, 4) is 45.0 Å². The number of aromatic nitrogens is 4. The van der Waals surface area contributed by atoms with Crippen molar-refractivity contribution in [3.63, 3.8) is 0 Å². The van der Waals surface area contributed by atoms with Crippen molar-refractivity contribution in [3.05, 3.63) is 192 Å². The first-order valence-corrected chi connectivity index (χ1v) is 20.0. The van der Waals surface area contributed by atoms with Gasteiger partial charge in [0, 0.05) is 66.1 Å². The average molecular weight is 927 g/mol. The van der Waals surface area contributed by atoms with Crippen LogP contribution >= 0.6 is 0 Å². The molecule has 0 saturated carbocycles. The third-order valence-electron chi connectivity index (χ3n) is 10.4. The first-order chi connectivity index (χ1) is 31.5. The molecule has 0 N–H and O–H groups in total. The molecule has 326 valence electrons. The van der Waals surface area contributed by atoms with Crippen LogP contribution in [0.4, 0.5) is 17.3 Å². The zero-order chi connectivity index (χ0) is 45.5. The van der Waals surface area contributed by atoms with Crippen LogP contribution in [0.5, 0.6) is 0 Å². The summed E-state index contributed by atoms with van der Waals surface area (Å²) in [5.41, 5.74) is 13.0. The van der Waals surface area contributed by atoms with E-state index in [1.807, 2.05) is 121 Å². The summed E-state index contributed by atoms with van der Waals surface area (Å²) in [7, 11) is -6.00. The molecular weight excluding hydrogens is 895 g/mol. The topological polar surface area (TPSA) is 120 Å². The van der Waals surface area contributed by atoms with Gasteiger partial charge in [-0.1, -0.05) is 146 Å². The Bertz CT molecular complexity index is 2940. The largest absolute Gasteiger partial charge is 1.00 e. The molecule has 0 aliphatic carbocycles. The normalized spacial score (nSPS) is 10.8. The zero-order valence-electron chi connectivity index (χ0n) is 34.3. The van der Waals surface area contributed by atoms with Crippen molar-refractivity contribution in [1.29, 1.82) is 0 Å². The van der Waals surface area contributed by atoms with Gasteiger partial charge in [0.1, 0.15) is 25.1 Å². The maximum absolute atomic E-state index is 10.9. The van der Waals surface area contributed by atoms with Gasteiger partial charge in [-0.05, 0) is 24.3 Å². The molecule has 0 fully saturated rings. The molecular formula is C52H32BCuF4N4O4. The van der Waals surface area contributed by atoms with Crippen molar-refractivity contribution in [2.75, 3.05) is 0 Å². The maximum atomic E-state index is 10.9. The van der Waals surface area contributed by atoms with E-state index in [4.69, 9.17) is 19.9 Å². The van der Waals surface area contributed by atoms with Gasteiger partial charge in [0.15, 0.2) is 0 Å². The number of aldehydes is 4. The molecule has 0 spiro atoms. The zero-order valence-corrected chi connectivity index (χ0v) is 35.2. The van der Waals surface area contributed by atoms with Crippen LogP contribution in [0.2, 0.25) is 0 Å². The molecule has 0 saturated heterocycles. The molecule has 4 heterocycles. The van der Waals surface area contributed by atoms with Gasteiger partial charge in [-0.25, -0.2) is 19.9 Å². The van der Waals surface area contributed by atoms with E-state index in [0.29, 0.717) is 22.3 Å². The van der Waals surface area contributed by atoms with Gasteiger partial charge in [-0.15, -0.1) is 0 Å². The van der Waals surface area contributed by atoms with Gasteiger partial charge in [0.2, 0.25) is 0 Å². The summed E-state index contributed by atoms with van der Waals surface area (Å²) in [5.74, 6) is 0. The second-order valence-electron chi connectivity index (χ2n) is 14.7. The number of nitrogens with zero attached hydrogens (tertiary/aromatic N) is 4. The Morgan fingerprint density at radius 3 is 0.621 bits per heavy atom. The Balaban J connectivity index is 0.000000176. The Labute approximate surface area is 385 Å². The molecule has 10 aromatic rings. The van der Waals surface area contributed by atoms with Crippen LogP contribution in [-0.2, 0) is 17.1 Å². The minimum Gasteiger partial charge on any atom is -0.418 e. The number of hydrogen-bond donors (Lipinski definition) is 0. The van der Waals surface area contributed by atoms with Crippen LogP contribution in [0, 0.1) is 0 Å². The standard InChI is InChI=1S/2C26H16N2O2.BF4.Cu/c2*29-15-17-1-5-19(6-2-17)23-13-11-21-9-10-22-12-14-24(28-26(22)25(21)27-23)20-7-3-18(16-30)4-8-20;2-1(3,4)5;/h2*1-16H;;/q;;-1;+1. The number of pyridine rings is 4. The molecule has 0 unspecified atom stereocenters. The van der Waals surface area contributed by atoms with Crippen molar-refractivity contribution < 1.29 is 53.5 Å². The summed E-state index contributed by atoms with van der Waals surface area (Å²) in [6.45, 7) is 0. The summed E-state index contributed by atoms with van der Waals surface area (Å²) in [6, 6.07) is 53.8. The molecule has 0 atom stereocenters. The SMILES string of the molecule is F[B-](F)(F)F.O=Cc1ccc(-c2ccc3ccc4ccc(-c5ccc(C=O)cc5)nc4c3n2)cc1.O=Cc1ccc(-c2ccc3ccc4ccc(-c5ccc(C=O)cc5)nc4c3n2)cc1.[Cu+]. The van der Waals surface area contributed by atoms with Crippen molar-refractivity contribution in [1.82, 2.24) is 19.9 Å². The summed E-state index contributed by atoms with van der Waals surface area (Å²) in [4.78, 5) is 63.3. The fourth-order valence-electron chi connectivity index (χ4n) is 7.11. The average Bonchev–Trinajstić information content (AvgIpc) is 3.35. The third kappa shape index (κ3) is 10.6. The van der Waals surface area contributed by atoms with Crippen molar-refractivity contribution in [2.24, 2.45) is 0 Å². The van der Waals surface area contributed by atoms with Crippen LogP contribution in [0.1, 0.15) is 41.4 Å². The molecule has 8 nitrogen and oxygen atoms in total. The van der Waals surface area contributed by atoms with Crippen molar-refractivity contribution >= 4 is 76.0 Å². The number of rotatable bonds is 8. The van der Waals surface area contributed by atoms with E-state index in [1.165, 1.54) is 0 Å². The number of carbonyl (C=O) groups excluding carboxylic acids is 4. The first kappa shape index (κ1) is 46.0. The van der Waals surface area contributed by atoms with E-state index in [1.54, 1.807) is 48.5 Å². The molecule has 0 bridgehead atoms. The quantitative estimate of drug-likeness (QED) is 0.0639. The van der Waals surface area contributed by atoms with Crippen LogP contribution in [-0.4, -0.2) is 52.3 Å². The van der Waals surface area contributed by atoms with Crippen LogP contribution in [0.25, 0.3) is 88.6 Å². The summed E-state index contributed by atoms with van der Waals surface area (Å²) < 4.78 is 39.0. The molecule has 0 radical (unpaired) electrons. The number of carbonyl (C=O) groups is 4. The van der Waals surface area contributed by atoms with E-state index in [-0.39, 0.29) is 17.1 Å². The second-order valence-corrected chi connectivity index (χ2v) is 14.7. The summed E-state index contributed by atoms with van der Waals surface area (Å²) in [5, 5.41) is 4.04. The van der Waals surface area contributed by atoms with Crippen LogP contribution < -0.4 is 0 Å². The molecule has 6 aromatic carbocycles. The third-order valence-corrected chi connectivity index (χ3v) is 10.4. The van der Waals surface area contributed by atoms with Gasteiger partial charge < -0.3 is 17.3 Å². The van der Waals surface area contributed by atoms with E-state index in [2.05, 4.69) is 0 Å². The molecule has 0 aliphatic rings. The van der Waals surface area contributed by atoms with Gasteiger partial charge in [-0.2, -0.15) is 0 Å². The molecule has 14 heteroatoms. The van der Waals surface area contributed by atoms with Crippen LogP contribution in [0.3, 0.4) is 0 Å². The fourth-order valence-corrected chi connectivity index (χ4v) is 7.11. The predicted octanol–water partition coefficient (Wildman–Crippen LogP) is 12.8. The van der Waals surface area contributed by atoms with E-state index >= 15 is 0 Å². The van der Waals surface area contributed by atoms with Crippen molar-refractivity contribution in [2.45, 2.75) is 0 Å². The maximum Gasteiger partial charge on any atom is 1.00 e. The number of hydrogen-bond acceptors (Lipinski definition) is 8. The van der Waals surface area contributed by atoms with Crippen LogP contribution in [0.15, 0.2) is 170 Å². The number of halogens is 4. The smallest absolute Gasteiger partial charge is 0.418 e. The minimum absolute atomic E-state index is 0. The van der Waals surface area contributed by atoms with Gasteiger partial charge >= 0.3 is 24.3 Å². The van der Waals surface area contributed by atoms with E-state index in [0.717, 1.165) is 114 Å². The molecule has 10 rings (SSSR count). The van der Waals surface area contributed by atoms with E-state index < -0.39 is 7.25 Å². The molecule has 0 aliphatic heterocycles. The Hall–Kier alpha value is -8.06. The molecule has 4 aromatic heterocycles. The minimum atomic E-state index is -6.00. The second kappa shape index (κ2) is 20.2. The van der Waals surface area contributed by atoms with Gasteiger partial charge in [-0.3, -0.25) is 19.2 Å². The molecule has 0 amide bonds. The summed E-state index contributed by atoms with van der Waals surface area (Å²) >= 11 is 0. The Morgan fingerprint density at radius 1 is 0.288 bits per heavy atom. The number of fused-ring (bicyclic) bond motifs is 6. The van der Waals surface area contributed by atoms with Gasteiger partial charge in [0.05, 0.1) is 44.8 Å². The fraction of sp³-hybridized carbons (Fsp3) is 0. The molecule has 66 heavy (non-hydrogen) atoms. The Morgan fingerprint density at radius 2 is 0.455 bits per heavy atom. The first-order valence-electron chi connectivity index (χ1n) is 20.0. The Kier molecular flexibility index (Phi) is 14.1.